The summed E-state index contributed by atoms with van der Waals surface area (Å²) in [5.74, 6) is 2.22. The number of carbonyl (C=O) groups is 1. The van der Waals surface area contributed by atoms with Gasteiger partial charge in [-0.15, -0.1) is 0 Å². The quantitative estimate of drug-likeness (QED) is 0.542. The van der Waals surface area contributed by atoms with Gasteiger partial charge in [-0.2, -0.15) is 0 Å². The summed E-state index contributed by atoms with van der Waals surface area (Å²) in [7, 11) is 0. The lowest BCUT2D eigenvalue weighted by Gasteiger charge is -2.11. The van der Waals surface area contributed by atoms with Crippen LogP contribution in [-0.4, -0.2) is 6.29 Å². The minimum Gasteiger partial charge on any atom is -0.457 e. The fourth-order valence-corrected chi connectivity index (χ4v) is 2.12. The van der Waals surface area contributed by atoms with Gasteiger partial charge in [0.2, 0.25) is 0 Å². The maximum atomic E-state index is 11.2. The number of nitrogen functional groups attached to an aromatic ring is 2. The van der Waals surface area contributed by atoms with Gasteiger partial charge in [0.05, 0.1) is 0 Å². The molecule has 0 bridgehead atoms. The van der Waals surface area contributed by atoms with Crippen LogP contribution in [0.5, 0.6) is 23.0 Å². The molecule has 0 unspecified atom stereocenters. The summed E-state index contributed by atoms with van der Waals surface area (Å²) in [4.78, 5) is 11.2. The molecule has 5 nitrogen and oxygen atoms in total. The van der Waals surface area contributed by atoms with E-state index in [1.807, 2.05) is 0 Å². The second-order valence-corrected chi connectivity index (χ2v) is 5.20. The Labute approximate surface area is 139 Å². The van der Waals surface area contributed by atoms with Crippen LogP contribution in [0.15, 0.2) is 66.7 Å². The molecule has 3 rings (SSSR count). The zero-order chi connectivity index (χ0) is 16.9. The lowest BCUT2D eigenvalue weighted by molar-refractivity contribution is 0.112. The molecule has 0 amide bonds. The summed E-state index contributed by atoms with van der Waals surface area (Å²) < 4.78 is 11.5. The van der Waals surface area contributed by atoms with Gasteiger partial charge >= 0.3 is 0 Å². The molecule has 24 heavy (non-hydrogen) atoms. The molecular formula is C19H16N2O3. The average Bonchev–Trinajstić information content (AvgIpc) is 2.59. The molecule has 0 radical (unpaired) electrons. The van der Waals surface area contributed by atoms with Crippen LogP contribution in [0.25, 0.3) is 0 Å². The molecule has 0 aliphatic heterocycles. The van der Waals surface area contributed by atoms with E-state index in [1.165, 1.54) is 0 Å². The molecule has 0 aromatic heterocycles. The second-order valence-electron chi connectivity index (χ2n) is 5.20. The summed E-state index contributed by atoms with van der Waals surface area (Å²) in [6.45, 7) is 0. The third-order valence-corrected chi connectivity index (χ3v) is 3.27. The van der Waals surface area contributed by atoms with Gasteiger partial charge < -0.3 is 20.9 Å². The Hall–Kier alpha value is -3.47. The van der Waals surface area contributed by atoms with Crippen molar-refractivity contribution in [3.63, 3.8) is 0 Å². The molecule has 0 aliphatic rings. The van der Waals surface area contributed by atoms with E-state index in [4.69, 9.17) is 20.9 Å². The Balaban J connectivity index is 1.85. The van der Waals surface area contributed by atoms with E-state index in [9.17, 15) is 4.79 Å². The largest absolute Gasteiger partial charge is 0.457 e. The Kier molecular flexibility index (Phi) is 4.34. The predicted octanol–water partition coefficient (Wildman–Crippen LogP) is 4.25. The van der Waals surface area contributed by atoms with Crippen molar-refractivity contribution in [2.75, 3.05) is 11.5 Å². The zero-order valence-electron chi connectivity index (χ0n) is 12.8. The highest BCUT2D eigenvalue weighted by molar-refractivity contribution is 5.76. The smallest absolute Gasteiger partial charge is 0.150 e. The van der Waals surface area contributed by atoms with Crippen LogP contribution in [-0.2, 0) is 0 Å². The number of rotatable bonds is 5. The molecule has 0 atom stereocenters. The number of nitrogens with two attached hydrogens (primary N) is 2. The monoisotopic (exact) mass is 320 g/mol. The van der Waals surface area contributed by atoms with Crippen LogP contribution >= 0.6 is 0 Å². The van der Waals surface area contributed by atoms with Crippen LogP contribution in [0.3, 0.4) is 0 Å². The van der Waals surface area contributed by atoms with Crippen molar-refractivity contribution < 1.29 is 14.3 Å². The number of hydrogen-bond donors (Lipinski definition) is 2. The predicted molar refractivity (Wildman–Crippen MR) is 93.7 cm³/mol. The van der Waals surface area contributed by atoms with Crippen LogP contribution in [0, 0.1) is 0 Å². The number of ether oxygens (including phenoxy) is 2. The number of hydrogen-bond acceptors (Lipinski definition) is 5. The van der Waals surface area contributed by atoms with E-state index in [2.05, 4.69) is 0 Å². The maximum absolute atomic E-state index is 11.2. The van der Waals surface area contributed by atoms with Crippen molar-refractivity contribution in [2.45, 2.75) is 0 Å². The lowest BCUT2D eigenvalue weighted by Crippen LogP contribution is -1.91. The van der Waals surface area contributed by atoms with E-state index in [0.717, 1.165) is 6.29 Å². The Morgan fingerprint density at radius 1 is 0.625 bits per heavy atom. The first-order chi connectivity index (χ1) is 11.6. The van der Waals surface area contributed by atoms with Gasteiger partial charge in [0, 0.05) is 23.0 Å². The molecule has 3 aromatic rings. The molecule has 0 aliphatic carbocycles. The highest BCUT2D eigenvalue weighted by Crippen LogP contribution is 2.30. The normalized spacial score (nSPS) is 10.2. The van der Waals surface area contributed by atoms with E-state index >= 15 is 0 Å². The van der Waals surface area contributed by atoms with Crippen molar-refractivity contribution >= 4 is 17.7 Å². The summed E-state index contributed by atoms with van der Waals surface area (Å²) in [6.07, 6.45) is 0.742. The average molecular weight is 320 g/mol. The Morgan fingerprint density at radius 2 is 1.04 bits per heavy atom. The summed E-state index contributed by atoms with van der Waals surface area (Å²) >= 11 is 0. The zero-order valence-corrected chi connectivity index (χ0v) is 12.8. The summed E-state index contributed by atoms with van der Waals surface area (Å²) in [5.41, 5.74) is 13.1. The van der Waals surface area contributed by atoms with Crippen molar-refractivity contribution in [1.82, 2.24) is 0 Å². The summed E-state index contributed by atoms with van der Waals surface area (Å²) in [6, 6.07) is 19.0. The van der Waals surface area contributed by atoms with Gasteiger partial charge in [-0.25, -0.2) is 0 Å². The fourth-order valence-electron chi connectivity index (χ4n) is 2.12. The molecule has 0 saturated carbocycles. The number of benzene rings is 3. The second kappa shape index (κ2) is 6.75. The maximum Gasteiger partial charge on any atom is 0.150 e. The third kappa shape index (κ3) is 3.84. The van der Waals surface area contributed by atoms with Crippen LogP contribution < -0.4 is 20.9 Å². The van der Waals surface area contributed by atoms with Gasteiger partial charge in [0.15, 0.2) is 0 Å². The first-order valence-corrected chi connectivity index (χ1v) is 7.29. The molecule has 5 heteroatoms. The lowest BCUT2D eigenvalue weighted by atomic mass is 10.2. The number of anilines is 2. The molecule has 0 fully saturated rings. The van der Waals surface area contributed by atoms with Crippen molar-refractivity contribution in [3.8, 4) is 23.0 Å². The topological polar surface area (TPSA) is 87.6 Å². The van der Waals surface area contributed by atoms with Crippen molar-refractivity contribution in [3.05, 3.63) is 72.3 Å². The molecule has 4 N–H and O–H groups in total. The molecule has 3 aromatic carbocycles. The molecule has 0 saturated heterocycles. The van der Waals surface area contributed by atoms with E-state index in [0.29, 0.717) is 39.9 Å². The van der Waals surface area contributed by atoms with E-state index in [-0.39, 0.29) is 0 Å². The van der Waals surface area contributed by atoms with Gasteiger partial charge in [-0.3, -0.25) is 4.79 Å². The standard InChI is InChI=1S/C19H16N2O3/c20-14-1-5-16(6-2-14)23-18-9-13(12-22)10-19(11-18)24-17-7-3-15(21)4-8-17/h1-12H,20-21H2. The van der Waals surface area contributed by atoms with Gasteiger partial charge in [-0.1, -0.05) is 0 Å². The Bertz CT molecular complexity index is 778. The molecular weight excluding hydrogens is 304 g/mol. The molecule has 0 heterocycles. The minimum absolute atomic E-state index is 0.452. The summed E-state index contributed by atoms with van der Waals surface area (Å²) in [5, 5.41) is 0. The number of carbonyl (C=O) groups excluding carboxylic acids is 1. The van der Waals surface area contributed by atoms with Crippen LogP contribution in [0.4, 0.5) is 11.4 Å². The minimum atomic E-state index is 0.452. The number of aldehydes is 1. The van der Waals surface area contributed by atoms with Gasteiger partial charge in [0.1, 0.15) is 29.3 Å². The van der Waals surface area contributed by atoms with Crippen molar-refractivity contribution in [2.24, 2.45) is 0 Å². The third-order valence-electron chi connectivity index (χ3n) is 3.27. The van der Waals surface area contributed by atoms with Crippen molar-refractivity contribution in [1.29, 1.82) is 0 Å². The first-order valence-electron chi connectivity index (χ1n) is 7.29. The first kappa shape index (κ1) is 15.4. The Morgan fingerprint density at radius 3 is 1.42 bits per heavy atom. The van der Waals surface area contributed by atoms with Gasteiger partial charge in [-0.05, 0) is 60.7 Å². The molecule has 0 spiro atoms. The van der Waals surface area contributed by atoms with Crippen LogP contribution in [0.2, 0.25) is 0 Å². The van der Waals surface area contributed by atoms with Crippen LogP contribution in [0.1, 0.15) is 10.4 Å². The fraction of sp³-hybridized carbons (Fsp3) is 0. The highest BCUT2D eigenvalue weighted by atomic mass is 16.5. The highest BCUT2D eigenvalue weighted by Gasteiger charge is 2.06. The SMILES string of the molecule is Nc1ccc(Oc2cc(C=O)cc(Oc3ccc(N)cc3)c2)cc1. The van der Waals surface area contributed by atoms with E-state index in [1.54, 1.807) is 66.7 Å². The van der Waals surface area contributed by atoms with E-state index < -0.39 is 0 Å². The molecule has 120 valence electrons. The van der Waals surface area contributed by atoms with Gasteiger partial charge in [0.25, 0.3) is 0 Å².